The lowest BCUT2D eigenvalue weighted by atomic mass is 9.97. The fraction of sp³-hybridized carbons (Fsp3) is 0.548. The van der Waals surface area contributed by atoms with Crippen molar-refractivity contribution < 1.29 is 34.8 Å². The molecule has 0 aromatic rings. The van der Waals surface area contributed by atoms with Crippen LogP contribution in [0.5, 0.6) is 0 Å². The SMILES string of the molecule is CC/C=C\C/C=C\C/C=C\C/C=C\C/C=C\C/C=C\CCC(=O)N[C@@H](C)C(=O)NC1[C@H](O)OC(CO)[C@@H](O)[C@H]1O. The highest BCUT2D eigenvalue weighted by Crippen LogP contribution is 2.19. The number of hydrogen-bond donors (Lipinski definition) is 6. The average Bonchev–Trinajstić information content (AvgIpc) is 2.94. The second kappa shape index (κ2) is 21.9. The van der Waals surface area contributed by atoms with Gasteiger partial charge >= 0.3 is 0 Å². The number of hydrogen-bond acceptors (Lipinski definition) is 7. The van der Waals surface area contributed by atoms with Gasteiger partial charge in [0.1, 0.15) is 30.4 Å². The third-order valence-electron chi connectivity index (χ3n) is 6.11. The Hall–Kier alpha value is -2.82. The Morgan fingerprint density at radius 2 is 1.25 bits per heavy atom. The van der Waals surface area contributed by atoms with Crippen molar-refractivity contribution in [3.05, 3.63) is 72.9 Å². The normalized spacial score (nSPS) is 24.8. The van der Waals surface area contributed by atoms with Crippen LogP contribution in [0.1, 0.15) is 65.2 Å². The van der Waals surface area contributed by atoms with Gasteiger partial charge in [0.2, 0.25) is 11.8 Å². The number of rotatable bonds is 18. The lowest BCUT2D eigenvalue weighted by molar-refractivity contribution is -0.253. The van der Waals surface area contributed by atoms with Crippen molar-refractivity contribution in [3.63, 3.8) is 0 Å². The number of carbonyl (C=O) groups is 2. The number of nitrogens with one attached hydrogen (secondary N) is 2. The quantitative estimate of drug-likeness (QED) is 0.141. The molecule has 6 atom stereocenters. The molecule has 0 bridgehead atoms. The van der Waals surface area contributed by atoms with E-state index in [0.29, 0.717) is 6.42 Å². The van der Waals surface area contributed by atoms with Crippen LogP contribution in [0.2, 0.25) is 0 Å². The molecule has 1 aliphatic heterocycles. The van der Waals surface area contributed by atoms with Crippen LogP contribution in [-0.2, 0) is 14.3 Å². The molecule has 0 saturated carbocycles. The Balaban J connectivity index is 2.16. The van der Waals surface area contributed by atoms with Crippen LogP contribution in [0.15, 0.2) is 72.9 Å². The standard InChI is InChI=1S/C31H48N2O7/c1-3-4-5-6-7-8-9-10-11-12-13-14-15-16-17-18-19-20-21-22-26(35)32-24(2)30(38)33-27-29(37)28(36)25(23-34)40-31(27)39/h4-5,7-8,10-11,13-14,16-17,19-20,24-25,27-29,31,34,36-37,39H,3,6,9,12,15,18,21-23H2,1-2H3,(H,32,35)(H,33,38)/b5-4-,8-7-,11-10-,14-13-,17-16-,20-19-/t24-,25?,27?,28+,29-,31+/m0/s1. The van der Waals surface area contributed by atoms with Gasteiger partial charge in [-0.25, -0.2) is 0 Å². The first-order chi connectivity index (χ1) is 19.3. The molecular formula is C31H48N2O7. The van der Waals surface area contributed by atoms with Crippen molar-refractivity contribution in [2.24, 2.45) is 0 Å². The number of aliphatic hydroxyl groups excluding tert-OH is 4. The van der Waals surface area contributed by atoms with E-state index < -0.39 is 49.2 Å². The molecule has 0 aromatic heterocycles. The summed E-state index contributed by atoms with van der Waals surface area (Å²) in [4.78, 5) is 24.5. The summed E-state index contributed by atoms with van der Waals surface area (Å²) in [5, 5.41) is 44.1. The van der Waals surface area contributed by atoms with Crippen LogP contribution in [0.25, 0.3) is 0 Å². The molecule has 1 fully saturated rings. The molecule has 224 valence electrons. The predicted octanol–water partition coefficient (Wildman–Crippen LogP) is 2.89. The monoisotopic (exact) mass is 560 g/mol. The van der Waals surface area contributed by atoms with Crippen LogP contribution in [-0.4, -0.2) is 75.5 Å². The Kier molecular flexibility index (Phi) is 19.3. The highest BCUT2D eigenvalue weighted by Gasteiger charge is 2.44. The Labute approximate surface area is 238 Å². The minimum atomic E-state index is -1.62. The van der Waals surface area contributed by atoms with Crippen molar-refractivity contribution in [1.82, 2.24) is 10.6 Å². The maximum atomic E-state index is 12.4. The van der Waals surface area contributed by atoms with E-state index in [4.69, 9.17) is 9.84 Å². The van der Waals surface area contributed by atoms with Crippen molar-refractivity contribution in [2.75, 3.05) is 6.61 Å². The number of amides is 2. The van der Waals surface area contributed by atoms with Crippen molar-refractivity contribution >= 4 is 11.8 Å². The summed E-state index contributed by atoms with van der Waals surface area (Å²) < 4.78 is 5.01. The first-order valence-electron chi connectivity index (χ1n) is 14.1. The molecule has 1 heterocycles. The maximum absolute atomic E-state index is 12.4. The molecule has 2 unspecified atom stereocenters. The first-order valence-corrected chi connectivity index (χ1v) is 14.1. The Bertz CT molecular complexity index is 894. The zero-order valence-electron chi connectivity index (χ0n) is 23.8. The molecule has 9 nitrogen and oxygen atoms in total. The van der Waals surface area contributed by atoms with Crippen molar-refractivity contribution in [3.8, 4) is 0 Å². The van der Waals surface area contributed by atoms with Crippen LogP contribution in [0, 0.1) is 0 Å². The van der Waals surface area contributed by atoms with Gasteiger partial charge < -0.3 is 35.8 Å². The number of allylic oxidation sites excluding steroid dienone is 12. The summed E-state index contributed by atoms with van der Waals surface area (Å²) in [6.45, 7) is 3.01. The van der Waals surface area contributed by atoms with E-state index in [9.17, 15) is 24.9 Å². The minimum absolute atomic E-state index is 0.203. The number of aliphatic hydroxyl groups is 4. The molecule has 1 aliphatic rings. The first kappa shape index (κ1) is 35.2. The summed E-state index contributed by atoms with van der Waals surface area (Å²) in [5.41, 5.74) is 0. The molecular weight excluding hydrogens is 512 g/mol. The molecule has 1 saturated heterocycles. The van der Waals surface area contributed by atoms with Gasteiger partial charge in [-0.15, -0.1) is 0 Å². The third-order valence-corrected chi connectivity index (χ3v) is 6.11. The van der Waals surface area contributed by atoms with Crippen LogP contribution in [0.4, 0.5) is 0 Å². The Morgan fingerprint density at radius 1 is 0.775 bits per heavy atom. The second-order valence-electron chi connectivity index (χ2n) is 9.51. The van der Waals surface area contributed by atoms with Gasteiger partial charge in [0.25, 0.3) is 0 Å². The molecule has 1 rings (SSSR count). The van der Waals surface area contributed by atoms with E-state index >= 15 is 0 Å². The van der Waals surface area contributed by atoms with E-state index in [1.807, 2.05) is 12.2 Å². The molecule has 0 radical (unpaired) electrons. The van der Waals surface area contributed by atoms with Gasteiger partial charge in [0, 0.05) is 6.42 Å². The summed E-state index contributed by atoms with van der Waals surface area (Å²) in [7, 11) is 0. The average molecular weight is 561 g/mol. The molecule has 6 N–H and O–H groups in total. The molecule has 40 heavy (non-hydrogen) atoms. The fourth-order valence-corrected chi connectivity index (χ4v) is 3.78. The Morgan fingerprint density at radius 3 is 1.73 bits per heavy atom. The van der Waals surface area contributed by atoms with Gasteiger partial charge in [-0.2, -0.15) is 0 Å². The summed E-state index contributed by atoms with van der Waals surface area (Å²) in [5.74, 6) is -0.966. The molecule has 9 heteroatoms. The topological polar surface area (TPSA) is 148 Å². The predicted molar refractivity (Wildman–Crippen MR) is 157 cm³/mol. The minimum Gasteiger partial charge on any atom is -0.394 e. The second-order valence-corrected chi connectivity index (χ2v) is 9.51. The van der Waals surface area contributed by atoms with E-state index in [1.165, 1.54) is 6.92 Å². The van der Waals surface area contributed by atoms with Crippen molar-refractivity contribution in [1.29, 1.82) is 0 Å². The highest BCUT2D eigenvalue weighted by molar-refractivity contribution is 5.87. The van der Waals surface area contributed by atoms with Crippen LogP contribution in [0.3, 0.4) is 0 Å². The molecule has 0 aliphatic carbocycles. The van der Waals surface area contributed by atoms with E-state index in [2.05, 4.69) is 78.3 Å². The van der Waals surface area contributed by atoms with Gasteiger partial charge in [0.15, 0.2) is 6.29 Å². The fourth-order valence-electron chi connectivity index (χ4n) is 3.78. The number of carbonyl (C=O) groups excluding carboxylic acids is 2. The summed E-state index contributed by atoms with van der Waals surface area (Å²) in [6, 6.07) is -2.23. The summed E-state index contributed by atoms with van der Waals surface area (Å²) >= 11 is 0. The van der Waals surface area contributed by atoms with Crippen molar-refractivity contribution in [2.45, 2.75) is 102 Å². The van der Waals surface area contributed by atoms with Gasteiger partial charge in [-0.3, -0.25) is 9.59 Å². The van der Waals surface area contributed by atoms with E-state index in [-0.39, 0.29) is 12.3 Å². The highest BCUT2D eigenvalue weighted by atomic mass is 16.6. The number of ether oxygens (including phenoxy) is 1. The van der Waals surface area contributed by atoms with Crippen LogP contribution < -0.4 is 10.6 Å². The molecule has 2 amide bonds. The third kappa shape index (κ3) is 15.1. The lowest BCUT2D eigenvalue weighted by Gasteiger charge is -2.40. The molecule has 0 aromatic carbocycles. The zero-order chi connectivity index (χ0) is 29.6. The maximum Gasteiger partial charge on any atom is 0.242 e. The van der Waals surface area contributed by atoms with E-state index in [0.717, 1.165) is 38.5 Å². The smallest absolute Gasteiger partial charge is 0.242 e. The zero-order valence-corrected chi connectivity index (χ0v) is 23.8. The largest absolute Gasteiger partial charge is 0.394 e. The van der Waals surface area contributed by atoms with E-state index in [1.54, 1.807) is 0 Å². The summed E-state index contributed by atoms with van der Waals surface area (Å²) in [6.07, 6.45) is 25.9. The molecule has 0 spiro atoms. The van der Waals surface area contributed by atoms with Gasteiger partial charge in [0.05, 0.1) is 6.61 Å². The van der Waals surface area contributed by atoms with Gasteiger partial charge in [-0.1, -0.05) is 79.8 Å². The lowest BCUT2D eigenvalue weighted by Crippen LogP contribution is -2.65. The van der Waals surface area contributed by atoms with Gasteiger partial charge in [-0.05, 0) is 51.9 Å². The van der Waals surface area contributed by atoms with Crippen LogP contribution >= 0.6 is 0 Å².